The van der Waals surface area contributed by atoms with Gasteiger partial charge in [0.15, 0.2) is 0 Å². The summed E-state index contributed by atoms with van der Waals surface area (Å²) in [6, 6.07) is 12.8. The lowest BCUT2D eigenvalue weighted by Crippen LogP contribution is -2.33. The van der Waals surface area contributed by atoms with Crippen molar-refractivity contribution in [1.82, 2.24) is 4.57 Å². The minimum absolute atomic E-state index is 0.340. The molecule has 2 unspecified atom stereocenters. The smallest absolute Gasteiger partial charge is 0.115 e. The van der Waals surface area contributed by atoms with E-state index in [2.05, 4.69) is 41.0 Å². The molecule has 0 spiro atoms. The standard InChI is InChI=1S/C19H17NO/c21-15-9-5-12(6-10-15)18-16-3-1-2-13-4-7-14-8-11-17(18)20(14)19(13)16/h4-11,16,19,21H,1-3H2. The lowest BCUT2D eigenvalue weighted by molar-refractivity contribution is 0.378. The summed E-state index contributed by atoms with van der Waals surface area (Å²) >= 11 is 0. The zero-order valence-corrected chi connectivity index (χ0v) is 11.8. The van der Waals surface area contributed by atoms with Crippen molar-refractivity contribution in [2.45, 2.75) is 25.3 Å². The molecule has 0 saturated heterocycles. The fraction of sp³-hybridized carbons (Fsp3) is 0.263. The van der Waals surface area contributed by atoms with Crippen molar-refractivity contribution in [2.24, 2.45) is 5.92 Å². The fourth-order valence-electron chi connectivity index (χ4n) is 4.44. The predicted octanol–water partition coefficient (Wildman–Crippen LogP) is 2.47. The van der Waals surface area contributed by atoms with Gasteiger partial charge in [-0.25, -0.2) is 0 Å². The summed E-state index contributed by atoms with van der Waals surface area (Å²) < 4.78 is 2.53. The second kappa shape index (κ2) is 3.91. The van der Waals surface area contributed by atoms with E-state index in [4.69, 9.17) is 0 Å². The van der Waals surface area contributed by atoms with E-state index < -0.39 is 0 Å². The molecule has 2 atom stereocenters. The van der Waals surface area contributed by atoms with Gasteiger partial charge in [0.2, 0.25) is 0 Å². The summed E-state index contributed by atoms with van der Waals surface area (Å²) in [4.78, 5) is 0. The molecule has 1 aromatic carbocycles. The lowest BCUT2D eigenvalue weighted by atomic mass is 9.76. The summed E-state index contributed by atoms with van der Waals surface area (Å²) in [5.41, 5.74) is 4.31. The van der Waals surface area contributed by atoms with E-state index in [0.717, 1.165) is 0 Å². The Labute approximate surface area is 123 Å². The first kappa shape index (κ1) is 11.4. The van der Waals surface area contributed by atoms with Crippen molar-refractivity contribution in [3.63, 3.8) is 0 Å². The Morgan fingerprint density at radius 1 is 1.00 bits per heavy atom. The van der Waals surface area contributed by atoms with Crippen LogP contribution in [0, 0.1) is 5.92 Å². The van der Waals surface area contributed by atoms with Gasteiger partial charge in [-0.15, -0.1) is 0 Å². The first-order valence-corrected chi connectivity index (χ1v) is 7.74. The predicted molar refractivity (Wildman–Crippen MR) is 83.2 cm³/mol. The number of hydrogen-bond acceptors (Lipinski definition) is 1. The normalized spacial score (nSPS) is 25.3. The molecule has 21 heavy (non-hydrogen) atoms. The molecule has 1 aliphatic carbocycles. The topological polar surface area (TPSA) is 25.2 Å². The van der Waals surface area contributed by atoms with Gasteiger partial charge in [0.1, 0.15) is 5.75 Å². The molecule has 2 aliphatic heterocycles. The molecule has 2 aromatic rings. The largest absolute Gasteiger partial charge is 0.508 e. The third-order valence-corrected chi connectivity index (χ3v) is 5.26. The first-order valence-electron chi connectivity index (χ1n) is 7.74. The van der Waals surface area contributed by atoms with Crippen LogP contribution in [0.15, 0.2) is 48.0 Å². The van der Waals surface area contributed by atoms with Gasteiger partial charge in [0, 0.05) is 16.6 Å². The van der Waals surface area contributed by atoms with Gasteiger partial charge >= 0.3 is 0 Å². The Balaban J connectivity index is 1.82. The van der Waals surface area contributed by atoms with E-state index in [1.807, 2.05) is 0 Å². The fourth-order valence-corrected chi connectivity index (χ4v) is 4.44. The highest BCUT2D eigenvalue weighted by molar-refractivity contribution is 5.71. The molecule has 2 heteroatoms. The van der Waals surface area contributed by atoms with E-state index >= 15 is 0 Å². The van der Waals surface area contributed by atoms with Crippen molar-refractivity contribution >= 4 is 11.6 Å². The maximum Gasteiger partial charge on any atom is 0.115 e. The van der Waals surface area contributed by atoms with Crippen LogP contribution in [-0.4, -0.2) is 9.67 Å². The number of nitrogens with zero attached hydrogens (tertiary/aromatic N) is 1. The Morgan fingerprint density at radius 3 is 2.71 bits per heavy atom. The van der Waals surface area contributed by atoms with Crippen LogP contribution in [0.2, 0.25) is 0 Å². The maximum absolute atomic E-state index is 9.55. The summed E-state index contributed by atoms with van der Waals surface area (Å²) in [6.07, 6.45) is 8.38. The Morgan fingerprint density at radius 2 is 1.86 bits per heavy atom. The van der Waals surface area contributed by atoms with E-state index in [1.54, 1.807) is 17.7 Å². The minimum atomic E-state index is 0.340. The van der Waals surface area contributed by atoms with Gasteiger partial charge in [-0.2, -0.15) is 0 Å². The van der Waals surface area contributed by atoms with Gasteiger partial charge in [0.25, 0.3) is 0 Å². The number of rotatable bonds is 1. The molecule has 1 saturated carbocycles. The summed E-state index contributed by atoms with van der Waals surface area (Å²) in [5, 5.41) is 12.3. The Bertz CT molecular complexity index is 883. The zero-order chi connectivity index (χ0) is 14.0. The second-order valence-corrected chi connectivity index (χ2v) is 6.33. The molecule has 5 rings (SSSR count). The average molecular weight is 275 g/mol. The van der Waals surface area contributed by atoms with Crippen LogP contribution >= 0.6 is 0 Å². The Kier molecular flexibility index (Phi) is 2.13. The molecule has 1 fully saturated rings. The molecule has 1 N–H and O–H groups in total. The summed E-state index contributed by atoms with van der Waals surface area (Å²) in [6.45, 7) is 0. The maximum atomic E-state index is 9.55. The van der Waals surface area contributed by atoms with E-state index in [1.165, 1.54) is 41.1 Å². The molecule has 0 radical (unpaired) electrons. The number of phenolic OH excluding ortho intramolecular Hbond substituents is 1. The van der Waals surface area contributed by atoms with Crippen molar-refractivity contribution < 1.29 is 5.11 Å². The number of aromatic hydroxyl groups is 1. The molecule has 0 amide bonds. The van der Waals surface area contributed by atoms with E-state index in [9.17, 15) is 5.11 Å². The van der Waals surface area contributed by atoms with Gasteiger partial charge in [-0.3, -0.25) is 0 Å². The molecular formula is C19H17NO. The Hall–Kier alpha value is -2.22. The molecule has 104 valence electrons. The highest BCUT2D eigenvalue weighted by atomic mass is 16.3. The van der Waals surface area contributed by atoms with Crippen LogP contribution in [0.4, 0.5) is 0 Å². The number of benzene rings is 1. The van der Waals surface area contributed by atoms with Crippen LogP contribution in [0.3, 0.4) is 0 Å². The van der Waals surface area contributed by atoms with Crippen LogP contribution in [-0.2, 0) is 0 Å². The van der Waals surface area contributed by atoms with Crippen molar-refractivity contribution in [3.05, 3.63) is 64.3 Å². The van der Waals surface area contributed by atoms with Gasteiger partial charge < -0.3 is 9.67 Å². The van der Waals surface area contributed by atoms with Gasteiger partial charge in [-0.1, -0.05) is 18.2 Å². The average Bonchev–Trinajstić information content (AvgIpc) is 3.06. The molecule has 3 heterocycles. The highest BCUT2D eigenvalue weighted by Gasteiger charge is 2.39. The number of allylic oxidation sites excluding steroid dienone is 2. The highest BCUT2D eigenvalue weighted by Crippen LogP contribution is 2.46. The summed E-state index contributed by atoms with van der Waals surface area (Å²) in [7, 11) is 0. The van der Waals surface area contributed by atoms with Crippen LogP contribution in [0.25, 0.3) is 11.6 Å². The molecule has 0 bridgehead atoms. The number of phenols is 1. The zero-order valence-electron chi connectivity index (χ0n) is 11.8. The molecule has 2 nitrogen and oxygen atoms in total. The van der Waals surface area contributed by atoms with Crippen molar-refractivity contribution in [1.29, 1.82) is 0 Å². The first-order chi connectivity index (χ1) is 10.3. The molecular weight excluding hydrogens is 258 g/mol. The lowest BCUT2D eigenvalue weighted by Gasteiger charge is -2.33. The third kappa shape index (κ3) is 1.42. The SMILES string of the molecule is Oc1ccc(C2=c3ccc4n3C3C(=CC=4)CCCC23)cc1. The second-order valence-electron chi connectivity index (χ2n) is 6.33. The van der Waals surface area contributed by atoms with Gasteiger partial charge in [-0.05, 0) is 66.3 Å². The van der Waals surface area contributed by atoms with E-state index in [0.29, 0.717) is 17.7 Å². The third-order valence-electron chi connectivity index (χ3n) is 5.26. The van der Waals surface area contributed by atoms with E-state index in [-0.39, 0.29) is 0 Å². The molecule has 3 aliphatic rings. The van der Waals surface area contributed by atoms with Crippen molar-refractivity contribution in [2.75, 3.05) is 0 Å². The van der Waals surface area contributed by atoms with Crippen LogP contribution < -0.4 is 10.7 Å². The monoisotopic (exact) mass is 275 g/mol. The quantitative estimate of drug-likeness (QED) is 0.850. The summed E-state index contributed by atoms with van der Waals surface area (Å²) in [5.74, 6) is 0.935. The minimum Gasteiger partial charge on any atom is -0.508 e. The van der Waals surface area contributed by atoms with Crippen molar-refractivity contribution in [3.8, 4) is 5.75 Å². The molecule has 1 aromatic heterocycles. The number of aromatic nitrogens is 1. The van der Waals surface area contributed by atoms with Gasteiger partial charge in [0.05, 0.1) is 6.04 Å². The van der Waals surface area contributed by atoms with Crippen LogP contribution in [0.1, 0.15) is 30.9 Å². The number of hydrogen-bond donors (Lipinski definition) is 1. The van der Waals surface area contributed by atoms with Crippen LogP contribution in [0.5, 0.6) is 5.75 Å².